The highest BCUT2D eigenvalue weighted by Crippen LogP contribution is 2.18. The molecular weight excluding hydrogens is 312 g/mol. The van der Waals surface area contributed by atoms with Gasteiger partial charge in [-0.15, -0.1) is 0 Å². The van der Waals surface area contributed by atoms with E-state index in [1.165, 1.54) is 19.2 Å². The summed E-state index contributed by atoms with van der Waals surface area (Å²) in [5.41, 5.74) is 1.48. The van der Waals surface area contributed by atoms with Crippen molar-refractivity contribution in [3.8, 4) is 0 Å². The van der Waals surface area contributed by atoms with Gasteiger partial charge in [0.05, 0.1) is 0 Å². The maximum absolute atomic E-state index is 12.2. The average molecular weight is 331 g/mol. The van der Waals surface area contributed by atoms with Crippen molar-refractivity contribution in [3.05, 3.63) is 52.9 Å². The van der Waals surface area contributed by atoms with Crippen LogP contribution in [-0.4, -0.2) is 21.9 Å². The van der Waals surface area contributed by atoms with Crippen LogP contribution in [0.5, 0.6) is 0 Å². The van der Waals surface area contributed by atoms with E-state index < -0.39 is 0 Å². The maximum atomic E-state index is 12.2. The van der Waals surface area contributed by atoms with Crippen LogP contribution in [-0.2, 0) is 6.54 Å². The Bertz CT molecular complexity index is 669. The molecule has 2 aromatic rings. The molecule has 1 aromatic heterocycles. The van der Waals surface area contributed by atoms with Crippen LogP contribution in [0.1, 0.15) is 41.7 Å². The van der Waals surface area contributed by atoms with Gasteiger partial charge in [-0.1, -0.05) is 36.6 Å². The third kappa shape index (κ3) is 4.42. The summed E-state index contributed by atoms with van der Waals surface area (Å²) in [7, 11) is 0. The van der Waals surface area contributed by atoms with Crippen molar-refractivity contribution in [2.45, 2.75) is 38.3 Å². The Morgan fingerprint density at radius 3 is 2.65 bits per heavy atom. The smallest absolute Gasteiger partial charge is 0.270 e. The Hall–Kier alpha value is -2.14. The second kappa shape index (κ2) is 7.42. The Balaban J connectivity index is 1.60. The molecule has 2 N–H and O–H groups in total. The number of hydrogen-bond donors (Lipinski definition) is 2. The molecule has 3 rings (SSSR count). The van der Waals surface area contributed by atoms with Crippen molar-refractivity contribution in [1.82, 2.24) is 15.3 Å². The molecule has 23 heavy (non-hydrogen) atoms. The van der Waals surface area contributed by atoms with Crippen molar-refractivity contribution >= 4 is 23.3 Å². The van der Waals surface area contributed by atoms with Crippen molar-refractivity contribution < 1.29 is 4.79 Å². The first-order valence-electron chi connectivity index (χ1n) is 7.82. The lowest BCUT2D eigenvalue weighted by Gasteiger charge is -2.12. The minimum Gasteiger partial charge on any atom is -0.366 e. The fraction of sp³-hybridized carbons (Fsp3) is 0.353. The van der Waals surface area contributed by atoms with Crippen LogP contribution in [0, 0.1) is 0 Å². The van der Waals surface area contributed by atoms with Gasteiger partial charge in [-0.2, -0.15) is 0 Å². The molecule has 1 heterocycles. The molecule has 0 unspecified atom stereocenters. The molecule has 1 fully saturated rings. The number of halogens is 1. The van der Waals surface area contributed by atoms with E-state index in [9.17, 15) is 4.79 Å². The topological polar surface area (TPSA) is 66.9 Å². The van der Waals surface area contributed by atoms with E-state index in [1.807, 2.05) is 24.3 Å². The number of carbonyl (C=O) groups excluding carboxylic acids is 1. The lowest BCUT2D eigenvalue weighted by atomic mass is 10.2. The zero-order valence-corrected chi connectivity index (χ0v) is 13.5. The number of aromatic nitrogens is 2. The van der Waals surface area contributed by atoms with E-state index in [2.05, 4.69) is 20.6 Å². The molecule has 5 nitrogen and oxygen atoms in total. The standard InChI is InChI=1S/C17H19ClN4O/c18-13-7-5-12(6-8-13)10-19-16-9-15(20-11-21-16)17(23)22-14-3-1-2-4-14/h5-9,11,14H,1-4,10H2,(H,22,23)(H,19,20,21). The number of amides is 1. The summed E-state index contributed by atoms with van der Waals surface area (Å²) in [6, 6.07) is 9.55. The van der Waals surface area contributed by atoms with Crippen molar-refractivity contribution in [2.75, 3.05) is 5.32 Å². The van der Waals surface area contributed by atoms with Crippen LogP contribution >= 0.6 is 11.6 Å². The Kier molecular flexibility index (Phi) is 5.08. The molecule has 0 atom stereocenters. The fourth-order valence-electron chi connectivity index (χ4n) is 2.70. The minimum atomic E-state index is -0.131. The zero-order chi connectivity index (χ0) is 16.1. The first kappa shape index (κ1) is 15.7. The number of rotatable bonds is 5. The number of nitrogens with one attached hydrogen (secondary N) is 2. The van der Waals surface area contributed by atoms with Crippen LogP contribution in [0.3, 0.4) is 0 Å². The Morgan fingerprint density at radius 2 is 1.91 bits per heavy atom. The SMILES string of the molecule is O=C(NC1CCCC1)c1cc(NCc2ccc(Cl)cc2)ncn1. The first-order chi connectivity index (χ1) is 11.2. The van der Waals surface area contributed by atoms with Gasteiger partial charge in [0.1, 0.15) is 17.8 Å². The van der Waals surface area contributed by atoms with Gasteiger partial charge in [0.2, 0.25) is 0 Å². The molecule has 1 aliphatic rings. The highest BCUT2D eigenvalue weighted by atomic mass is 35.5. The largest absolute Gasteiger partial charge is 0.366 e. The molecule has 1 saturated carbocycles. The molecule has 1 amide bonds. The number of anilines is 1. The summed E-state index contributed by atoms with van der Waals surface area (Å²) >= 11 is 5.87. The van der Waals surface area contributed by atoms with Crippen LogP contribution in [0.2, 0.25) is 5.02 Å². The number of nitrogens with zero attached hydrogens (tertiary/aromatic N) is 2. The van der Waals surface area contributed by atoms with Gasteiger partial charge in [0.25, 0.3) is 5.91 Å². The van der Waals surface area contributed by atoms with Gasteiger partial charge >= 0.3 is 0 Å². The number of hydrogen-bond acceptors (Lipinski definition) is 4. The lowest BCUT2D eigenvalue weighted by Crippen LogP contribution is -2.33. The highest BCUT2D eigenvalue weighted by molar-refractivity contribution is 6.30. The van der Waals surface area contributed by atoms with E-state index in [0.29, 0.717) is 23.1 Å². The highest BCUT2D eigenvalue weighted by Gasteiger charge is 2.18. The molecule has 6 heteroatoms. The van der Waals surface area contributed by atoms with Crippen LogP contribution in [0.4, 0.5) is 5.82 Å². The van der Waals surface area contributed by atoms with Crippen molar-refractivity contribution in [3.63, 3.8) is 0 Å². The van der Waals surface area contributed by atoms with Gasteiger partial charge in [-0.25, -0.2) is 9.97 Å². The predicted molar refractivity (Wildman–Crippen MR) is 90.5 cm³/mol. The van der Waals surface area contributed by atoms with Crippen LogP contribution in [0.25, 0.3) is 0 Å². The van der Waals surface area contributed by atoms with Gasteiger partial charge in [0, 0.05) is 23.7 Å². The monoisotopic (exact) mass is 330 g/mol. The number of benzene rings is 1. The quantitative estimate of drug-likeness (QED) is 0.881. The van der Waals surface area contributed by atoms with Gasteiger partial charge < -0.3 is 10.6 Å². The summed E-state index contributed by atoms with van der Waals surface area (Å²) in [6.07, 6.45) is 5.88. The van der Waals surface area contributed by atoms with Gasteiger partial charge in [-0.3, -0.25) is 4.79 Å². The van der Waals surface area contributed by atoms with Crippen LogP contribution in [0.15, 0.2) is 36.7 Å². The van der Waals surface area contributed by atoms with E-state index in [4.69, 9.17) is 11.6 Å². The summed E-state index contributed by atoms with van der Waals surface area (Å²) in [5.74, 6) is 0.500. The van der Waals surface area contributed by atoms with Crippen molar-refractivity contribution in [2.24, 2.45) is 0 Å². The predicted octanol–water partition coefficient (Wildman–Crippen LogP) is 3.41. The molecule has 0 radical (unpaired) electrons. The third-order valence-corrected chi connectivity index (χ3v) is 4.23. The van der Waals surface area contributed by atoms with E-state index in [-0.39, 0.29) is 11.9 Å². The molecule has 1 aromatic carbocycles. The normalized spacial score (nSPS) is 14.7. The Labute approximate surface area is 140 Å². The fourth-order valence-corrected chi connectivity index (χ4v) is 2.83. The summed E-state index contributed by atoms with van der Waals surface area (Å²) in [5, 5.41) is 6.94. The number of carbonyl (C=O) groups is 1. The lowest BCUT2D eigenvalue weighted by molar-refractivity contribution is 0.0932. The third-order valence-electron chi connectivity index (χ3n) is 3.98. The second-order valence-electron chi connectivity index (χ2n) is 5.72. The average Bonchev–Trinajstić information content (AvgIpc) is 3.07. The van der Waals surface area contributed by atoms with Gasteiger partial charge in [-0.05, 0) is 30.5 Å². The molecule has 0 spiro atoms. The zero-order valence-electron chi connectivity index (χ0n) is 12.8. The van der Waals surface area contributed by atoms with E-state index in [0.717, 1.165) is 18.4 Å². The Morgan fingerprint density at radius 1 is 1.17 bits per heavy atom. The molecule has 120 valence electrons. The molecule has 0 aliphatic heterocycles. The van der Waals surface area contributed by atoms with E-state index in [1.54, 1.807) is 6.07 Å². The second-order valence-corrected chi connectivity index (χ2v) is 6.16. The first-order valence-corrected chi connectivity index (χ1v) is 8.20. The van der Waals surface area contributed by atoms with Crippen LogP contribution < -0.4 is 10.6 Å². The molecule has 1 aliphatic carbocycles. The van der Waals surface area contributed by atoms with E-state index >= 15 is 0 Å². The summed E-state index contributed by atoms with van der Waals surface area (Å²) in [4.78, 5) is 20.4. The van der Waals surface area contributed by atoms with Crippen molar-refractivity contribution in [1.29, 1.82) is 0 Å². The summed E-state index contributed by atoms with van der Waals surface area (Å²) in [6.45, 7) is 0.609. The molecule has 0 bridgehead atoms. The molecular formula is C17H19ClN4O. The molecule has 0 saturated heterocycles. The minimum absolute atomic E-state index is 0.131. The summed E-state index contributed by atoms with van der Waals surface area (Å²) < 4.78 is 0. The maximum Gasteiger partial charge on any atom is 0.270 e. The van der Waals surface area contributed by atoms with Gasteiger partial charge in [0.15, 0.2) is 0 Å².